The van der Waals surface area contributed by atoms with Gasteiger partial charge < -0.3 is 15.6 Å². The second-order valence-electron chi connectivity index (χ2n) is 3.99. The third-order valence-electron chi connectivity index (χ3n) is 2.55. The summed E-state index contributed by atoms with van der Waals surface area (Å²) in [5, 5.41) is 0. The van der Waals surface area contributed by atoms with E-state index in [-0.39, 0.29) is 5.91 Å². The maximum Gasteiger partial charge on any atom is 0.270 e. The van der Waals surface area contributed by atoms with E-state index in [1.54, 1.807) is 24.2 Å². The molecule has 1 amide bonds. The van der Waals surface area contributed by atoms with Crippen LogP contribution in [0, 0.1) is 0 Å². The zero-order chi connectivity index (χ0) is 12.3. The first-order valence-corrected chi connectivity index (χ1v) is 5.40. The van der Waals surface area contributed by atoms with Gasteiger partial charge in [0.2, 0.25) is 0 Å². The molecule has 0 aliphatic rings. The van der Waals surface area contributed by atoms with Gasteiger partial charge in [-0.1, -0.05) is 30.3 Å². The van der Waals surface area contributed by atoms with Crippen molar-refractivity contribution < 1.29 is 4.79 Å². The fourth-order valence-corrected chi connectivity index (χ4v) is 1.67. The van der Waals surface area contributed by atoms with E-state index in [2.05, 4.69) is 4.98 Å². The molecule has 0 bridgehead atoms. The van der Waals surface area contributed by atoms with Gasteiger partial charge in [0.1, 0.15) is 5.69 Å². The highest BCUT2D eigenvalue weighted by Gasteiger charge is 2.13. The average molecular weight is 229 g/mol. The summed E-state index contributed by atoms with van der Waals surface area (Å²) in [5.41, 5.74) is 7.75. The number of anilines is 1. The Bertz CT molecular complexity index is 504. The predicted octanol–water partition coefficient (Wildman–Crippen LogP) is 1.87. The molecule has 0 spiro atoms. The molecule has 0 unspecified atom stereocenters. The molecule has 4 heteroatoms. The summed E-state index contributed by atoms with van der Waals surface area (Å²) in [6.07, 6.45) is 1.61. The summed E-state index contributed by atoms with van der Waals surface area (Å²) in [4.78, 5) is 16.5. The Hall–Kier alpha value is -2.23. The minimum Gasteiger partial charge on any atom is -0.397 e. The lowest BCUT2D eigenvalue weighted by Crippen LogP contribution is -2.26. The summed E-state index contributed by atoms with van der Waals surface area (Å²) in [6.45, 7) is 0.582. The Balaban J connectivity index is 2.06. The van der Waals surface area contributed by atoms with E-state index in [0.29, 0.717) is 17.9 Å². The van der Waals surface area contributed by atoms with Gasteiger partial charge in [-0.15, -0.1) is 0 Å². The molecular weight excluding hydrogens is 214 g/mol. The molecule has 0 radical (unpaired) electrons. The van der Waals surface area contributed by atoms with E-state index in [4.69, 9.17) is 5.73 Å². The lowest BCUT2D eigenvalue weighted by Gasteiger charge is -2.16. The summed E-state index contributed by atoms with van der Waals surface area (Å²) < 4.78 is 0. The third kappa shape index (κ3) is 2.66. The minimum atomic E-state index is -0.0643. The molecular formula is C13H15N3O. The van der Waals surface area contributed by atoms with Crippen LogP contribution in [0.1, 0.15) is 16.1 Å². The van der Waals surface area contributed by atoms with Crippen LogP contribution in [-0.4, -0.2) is 22.8 Å². The molecule has 0 aliphatic carbocycles. The van der Waals surface area contributed by atoms with Crippen LogP contribution in [-0.2, 0) is 6.54 Å². The minimum absolute atomic E-state index is 0.0643. The highest BCUT2D eigenvalue weighted by Crippen LogP contribution is 2.09. The second-order valence-corrected chi connectivity index (χ2v) is 3.99. The quantitative estimate of drug-likeness (QED) is 0.844. The number of nitrogens with zero attached hydrogens (tertiary/aromatic N) is 1. The van der Waals surface area contributed by atoms with Crippen LogP contribution in [0.25, 0.3) is 0 Å². The van der Waals surface area contributed by atoms with Crippen LogP contribution in [0.4, 0.5) is 5.69 Å². The molecule has 1 heterocycles. The van der Waals surface area contributed by atoms with Gasteiger partial charge in [-0.25, -0.2) is 0 Å². The van der Waals surface area contributed by atoms with Crippen LogP contribution >= 0.6 is 0 Å². The number of rotatable bonds is 3. The van der Waals surface area contributed by atoms with Crippen LogP contribution in [0.15, 0.2) is 42.6 Å². The first-order chi connectivity index (χ1) is 8.16. The maximum atomic E-state index is 12.0. The number of benzene rings is 1. The van der Waals surface area contributed by atoms with Crippen LogP contribution in [0.2, 0.25) is 0 Å². The summed E-state index contributed by atoms with van der Waals surface area (Å²) >= 11 is 0. The Morgan fingerprint density at radius 3 is 2.65 bits per heavy atom. The fourth-order valence-electron chi connectivity index (χ4n) is 1.67. The number of aromatic nitrogens is 1. The van der Waals surface area contributed by atoms with E-state index in [0.717, 1.165) is 5.56 Å². The second kappa shape index (κ2) is 4.74. The molecule has 0 aliphatic heterocycles. The van der Waals surface area contributed by atoms with Crippen molar-refractivity contribution in [3.63, 3.8) is 0 Å². The van der Waals surface area contributed by atoms with Crippen LogP contribution in [0.5, 0.6) is 0 Å². The summed E-state index contributed by atoms with van der Waals surface area (Å²) in [6, 6.07) is 11.5. The first kappa shape index (κ1) is 11.3. The molecule has 2 rings (SSSR count). The van der Waals surface area contributed by atoms with E-state index in [1.807, 2.05) is 30.3 Å². The average Bonchev–Trinajstić information content (AvgIpc) is 2.76. The van der Waals surface area contributed by atoms with Crippen LogP contribution < -0.4 is 5.73 Å². The largest absolute Gasteiger partial charge is 0.397 e. The molecule has 0 fully saturated rings. The van der Waals surface area contributed by atoms with Gasteiger partial charge in [0, 0.05) is 25.5 Å². The van der Waals surface area contributed by atoms with Crippen LogP contribution in [0.3, 0.4) is 0 Å². The van der Waals surface area contributed by atoms with Crippen molar-refractivity contribution in [3.05, 3.63) is 53.9 Å². The number of carbonyl (C=O) groups is 1. The van der Waals surface area contributed by atoms with Gasteiger partial charge in [-0.2, -0.15) is 0 Å². The zero-order valence-electron chi connectivity index (χ0n) is 9.68. The van der Waals surface area contributed by atoms with Crippen molar-refractivity contribution in [2.45, 2.75) is 6.54 Å². The lowest BCUT2D eigenvalue weighted by atomic mass is 10.2. The number of nitrogens with one attached hydrogen (secondary N) is 1. The van der Waals surface area contributed by atoms with Crippen molar-refractivity contribution in [3.8, 4) is 0 Å². The Labute approximate surface area is 100 Å². The van der Waals surface area contributed by atoms with E-state index < -0.39 is 0 Å². The summed E-state index contributed by atoms with van der Waals surface area (Å²) in [7, 11) is 1.77. The standard InChI is InChI=1S/C13H15N3O/c1-16(9-10-5-3-2-4-6-10)13(17)12-7-11(14)8-15-12/h2-8,15H,9,14H2,1H3. The SMILES string of the molecule is CN(Cc1ccccc1)C(=O)c1cc(N)c[nH]1. The zero-order valence-corrected chi connectivity index (χ0v) is 9.68. The highest BCUT2D eigenvalue weighted by atomic mass is 16.2. The number of hydrogen-bond donors (Lipinski definition) is 2. The smallest absolute Gasteiger partial charge is 0.270 e. The molecule has 0 saturated heterocycles. The van der Waals surface area contributed by atoms with E-state index in [1.165, 1.54) is 0 Å². The Morgan fingerprint density at radius 2 is 2.06 bits per heavy atom. The third-order valence-corrected chi connectivity index (χ3v) is 2.55. The van der Waals surface area contributed by atoms with Gasteiger partial charge in [-0.3, -0.25) is 4.79 Å². The molecule has 2 aromatic rings. The molecule has 3 N–H and O–H groups in total. The first-order valence-electron chi connectivity index (χ1n) is 5.40. The topological polar surface area (TPSA) is 62.1 Å². The number of hydrogen-bond acceptors (Lipinski definition) is 2. The molecule has 88 valence electrons. The number of H-pyrrole nitrogens is 1. The number of carbonyl (C=O) groups excluding carboxylic acids is 1. The van der Waals surface area contributed by atoms with Crippen molar-refractivity contribution in [1.29, 1.82) is 0 Å². The number of nitrogen functional groups attached to an aromatic ring is 1. The number of nitrogens with two attached hydrogens (primary N) is 1. The van der Waals surface area contributed by atoms with Crippen molar-refractivity contribution in [1.82, 2.24) is 9.88 Å². The van der Waals surface area contributed by atoms with E-state index >= 15 is 0 Å². The Kier molecular flexibility index (Phi) is 3.14. The molecule has 0 atom stereocenters. The maximum absolute atomic E-state index is 12.0. The van der Waals surface area contributed by atoms with Crippen molar-refractivity contribution in [2.75, 3.05) is 12.8 Å². The number of aromatic amines is 1. The molecule has 1 aromatic heterocycles. The van der Waals surface area contributed by atoms with Gasteiger partial charge in [-0.05, 0) is 11.6 Å². The monoisotopic (exact) mass is 229 g/mol. The van der Waals surface area contributed by atoms with Gasteiger partial charge >= 0.3 is 0 Å². The molecule has 0 saturated carbocycles. The predicted molar refractivity (Wildman–Crippen MR) is 67.4 cm³/mol. The van der Waals surface area contributed by atoms with Crippen molar-refractivity contribution >= 4 is 11.6 Å². The highest BCUT2D eigenvalue weighted by molar-refractivity contribution is 5.93. The Morgan fingerprint density at radius 1 is 1.35 bits per heavy atom. The summed E-state index contributed by atoms with van der Waals surface area (Å²) in [5.74, 6) is -0.0643. The van der Waals surface area contributed by atoms with Gasteiger partial charge in [0.25, 0.3) is 5.91 Å². The number of amides is 1. The van der Waals surface area contributed by atoms with Gasteiger partial charge in [0.05, 0.1) is 0 Å². The fraction of sp³-hybridized carbons (Fsp3) is 0.154. The van der Waals surface area contributed by atoms with Crippen molar-refractivity contribution in [2.24, 2.45) is 0 Å². The van der Waals surface area contributed by atoms with E-state index in [9.17, 15) is 4.79 Å². The molecule has 4 nitrogen and oxygen atoms in total. The normalized spacial score (nSPS) is 10.2. The molecule has 17 heavy (non-hydrogen) atoms. The van der Waals surface area contributed by atoms with Gasteiger partial charge in [0.15, 0.2) is 0 Å². The molecule has 1 aromatic carbocycles. The lowest BCUT2D eigenvalue weighted by molar-refractivity contribution is 0.0780.